The van der Waals surface area contributed by atoms with Crippen LogP contribution in [0.3, 0.4) is 0 Å². The van der Waals surface area contributed by atoms with E-state index in [2.05, 4.69) is 5.32 Å². The average molecular weight is 519 g/mol. The molecule has 3 fully saturated rings. The standard InChI is InChI=1S/C30H38N4O4/c1-19-3-5-20(6-4-19)29(36)33-18-25(17-27(33)28(35)32-23-11-9-22(31)10-12-23)34(24-13-14-24)30(37)21-7-15-26(38-2)16-8-21/h3-8,15-16,22-25,27H,9-14,17-18,31H2,1-2H3,(H,32,35). The number of amides is 3. The minimum Gasteiger partial charge on any atom is -0.497 e. The molecule has 5 rings (SSSR count). The first-order valence-electron chi connectivity index (χ1n) is 13.7. The Hall–Kier alpha value is -3.39. The van der Waals surface area contributed by atoms with Gasteiger partial charge in [0.15, 0.2) is 0 Å². The van der Waals surface area contributed by atoms with E-state index in [4.69, 9.17) is 10.5 Å². The molecule has 0 spiro atoms. The van der Waals surface area contributed by atoms with Crippen LogP contribution in [0.1, 0.15) is 71.2 Å². The Morgan fingerprint density at radius 3 is 2.13 bits per heavy atom. The fraction of sp³-hybridized carbons (Fsp3) is 0.500. The van der Waals surface area contributed by atoms with Crippen molar-refractivity contribution in [1.29, 1.82) is 0 Å². The number of hydrogen-bond acceptors (Lipinski definition) is 5. The largest absolute Gasteiger partial charge is 0.497 e. The Kier molecular flexibility index (Phi) is 7.70. The zero-order valence-corrected chi connectivity index (χ0v) is 22.3. The highest BCUT2D eigenvalue weighted by Crippen LogP contribution is 2.35. The number of nitrogens with zero attached hydrogens (tertiary/aromatic N) is 2. The molecule has 3 aliphatic rings. The van der Waals surface area contributed by atoms with Gasteiger partial charge in [-0.1, -0.05) is 17.7 Å². The fourth-order valence-electron chi connectivity index (χ4n) is 5.78. The van der Waals surface area contributed by atoms with Gasteiger partial charge in [-0.25, -0.2) is 0 Å². The Labute approximate surface area is 224 Å². The second-order valence-corrected chi connectivity index (χ2v) is 11.0. The minimum absolute atomic E-state index is 0.0646. The summed E-state index contributed by atoms with van der Waals surface area (Å²) < 4.78 is 5.25. The van der Waals surface area contributed by atoms with Crippen molar-refractivity contribution >= 4 is 17.7 Å². The number of hydrogen-bond donors (Lipinski definition) is 2. The fourth-order valence-corrected chi connectivity index (χ4v) is 5.78. The lowest BCUT2D eigenvalue weighted by Crippen LogP contribution is -2.50. The molecule has 2 atom stereocenters. The molecule has 8 heteroatoms. The van der Waals surface area contributed by atoms with E-state index in [0.717, 1.165) is 44.1 Å². The lowest BCUT2D eigenvalue weighted by atomic mass is 9.91. The SMILES string of the molecule is COc1ccc(C(=O)N(C2CC2)C2CC(C(=O)NC3CCC(N)CC3)N(C(=O)c3ccc(C)cc3)C2)cc1. The molecule has 1 saturated heterocycles. The number of rotatable bonds is 7. The third kappa shape index (κ3) is 5.70. The molecule has 3 N–H and O–H groups in total. The van der Waals surface area contributed by atoms with Crippen LogP contribution in [0.4, 0.5) is 0 Å². The second-order valence-electron chi connectivity index (χ2n) is 11.0. The van der Waals surface area contributed by atoms with E-state index in [1.165, 1.54) is 0 Å². The van der Waals surface area contributed by atoms with Crippen LogP contribution < -0.4 is 15.8 Å². The maximum Gasteiger partial charge on any atom is 0.254 e. The molecule has 1 heterocycles. The van der Waals surface area contributed by atoms with Crippen LogP contribution in [0.25, 0.3) is 0 Å². The molecule has 38 heavy (non-hydrogen) atoms. The Bertz CT molecular complexity index is 1150. The predicted molar refractivity (Wildman–Crippen MR) is 145 cm³/mol. The van der Waals surface area contributed by atoms with Gasteiger partial charge in [-0.3, -0.25) is 14.4 Å². The van der Waals surface area contributed by atoms with Gasteiger partial charge < -0.3 is 25.6 Å². The van der Waals surface area contributed by atoms with Gasteiger partial charge in [0, 0.05) is 35.8 Å². The Morgan fingerprint density at radius 2 is 1.53 bits per heavy atom. The maximum atomic E-state index is 13.7. The summed E-state index contributed by atoms with van der Waals surface area (Å²) >= 11 is 0. The summed E-state index contributed by atoms with van der Waals surface area (Å²) in [6, 6.07) is 14.1. The summed E-state index contributed by atoms with van der Waals surface area (Å²) in [6.07, 6.45) is 5.76. The van der Waals surface area contributed by atoms with Crippen molar-refractivity contribution in [1.82, 2.24) is 15.1 Å². The van der Waals surface area contributed by atoms with Crippen molar-refractivity contribution in [3.05, 3.63) is 65.2 Å². The van der Waals surface area contributed by atoms with Crippen molar-refractivity contribution < 1.29 is 19.1 Å². The van der Waals surface area contributed by atoms with Gasteiger partial charge in [0.2, 0.25) is 5.91 Å². The molecule has 8 nitrogen and oxygen atoms in total. The number of ether oxygens (including phenoxy) is 1. The van der Waals surface area contributed by atoms with Crippen LogP contribution in [-0.4, -0.2) is 71.4 Å². The summed E-state index contributed by atoms with van der Waals surface area (Å²) in [6.45, 7) is 2.31. The number of benzene rings is 2. The summed E-state index contributed by atoms with van der Waals surface area (Å²) in [4.78, 5) is 44.6. The third-order valence-electron chi connectivity index (χ3n) is 8.16. The van der Waals surface area contributed by atoms with Gasteiger partial charge in [-0.05, 0) is 88.3 Å². The lowest BCUT2D eigenvalue weighted by molar-refractivity contribution is -0.125. The lowest BCUT2D eigenvalue weighted by Gasteiger charge is -2.30. The zero-order chi connectivity index (χ0) is 26.8. The predicted octanol–water partition coefficient (Wildman–Crippen LogP) is 3.28. The molecule has 0 aromatic heterocycles. The molecule has 0 radical (unpaired) electrons. The van der Waals surface area contributed by atoms with Crippen LogP contribution in [-0.2, 0) is 4.79 Å². The number of nitrogens with one attached hydrogen (secondary N) is 1. The number of aryl methyl sites for hydroxylation is 1. The molecule has 1 aliphatic heterocycles. The first kappa shape index (κ1) is 26.2. The smallest absolute Gasteiger partial charge is 0.254 e. The molecule has 3 amide bonds. The van der Waals surface area contributed by atoms with Crippen LogP contribution in [0.2, 0.25) is 0 Å². The maximum absolute atomic E-state index is 13.7. The number of methoxy groups -OCH3 is 1. The van der Waals surface area contributed by atoms with Crippen molar-refractivity contribution in [2.24, 2.45) is 5.73 Å². The number of nitrogens with two attached hydrogens (primary N) is 1. The Balaban J connectivity index is 1.38. The molecule has 2 saturated carbocycles. The summed E-state index contributed by atoms with van der Waals surface area (Å²) in [5.74, 6) is 0.313. The molecule has 2 aromatic carbocycles. The van der Waals surface area contributed by atoms with E-state index < -0.39 is 6.04 Å². The number of likely N-dealkylation sites (tertiary alicyclic amines) is 1. The zero-order valence-electron chi connectivity index (χ0n) is 22.3. The van der Waals surface area contributed by atoms with E-state index in [-0.39, 0.29) is 41.9 Å². The van der Waals surface area contributed by atoms with Gasteiger partial charge in [0.1, 0.15) is 11.8 Å². The minimum atomic E-state index is -0.630. The number of carbonyl (C=O) groups excluding carboxylic acids is 3. The van der Waals surface area contributed by atoms with Gasteiger partial charge in [-0.2, -0.15) is 0 Å². The summed E-state index contributed by atoms with van der Waals surface area (Å²) in [7, 11) is 1.60. The van der Waals surface area contributed by atoms with Crippen molar-refractivity contribution in [2.45, 2.75) is 82.1 Å². The van der Waals surface area contributed by atoms with Gasteiger partial charge in [0.05, 0.1) is 13.2 Å². The van der Waals surface area contributed by atoms with Crippen LogP contribution in [0.15, 0.2) is 48.5 Å². The Morgan fingerprint density at radius 1 is 0.895 bits per heavy atom. The van der Waals surface area contributed by atoms with E-state index in [0.29, 0.717) is 29.8 Å². The first-order chi connectivity index (χ1) is 18.3. The highest BCUT2D eigenvalue weighted by molar-refractivity contribution is 5.99. The normalized spacial score (nSPS) is 25.1. The van der Waals surface area contributed by atoms with Crippen LogP contribution in [0.5, 0.6) is 5.75 Å². The summed E-state index contributed by atoms with van der Waals surface area (Å²) in [5, 5.41) is 3.20. The molecule has 0 bridgehead atoms. The van der Waals surface area contributed by atoms with Gasteiger partial charge >= 0.3 is 0 Å². The van der Waals surface area contributed by atoms with Crippen molar-refractivity contribution in [3.8, 4) is 5.75 Å². The van der Waals surface area contributed by atoms with Gasteiger partial charge in [0.25, 0.3) is 11.8 Å². The topological polar surface area (TPSA) is 105 Å². The van der Waals surface area contributed by atoms with E-state index in [1.54, 1.807) is 36.3 Å². The number of carbonyl (C=O) groups is 3. The van der Waals surface area contributed by atoms with Crippen molar-refractivity contribution in [3.63, 3.8) is 0 Å². The van der Waals surface area contributed by atoms with E-state index in [9.17, 15) is 14.4 Å². The van der Waals surface area contributed by atoms with Gasteiger partial charge in [-0.15, -0.1) is 0 Å². The monoisotopic (exact) mass is 518 g/mol. The highest BCUT2D eigenvalue weighted by Gasteiger charge is 2.47. The molecular weight excluding hydrogens is 480 g/mol. The second kappa shape index (κ2) is 11.2. The van der Waals surface area contributed by atoms with Crippen molar-refractivity contribution in [2.75, 3.05) is 13.7 Å². The van der Waals surface area contributed by atoms with Crippen LogP contribution >= 0.6 is 0 Å². The average Bonchev–Trinajstić information content (AvgIpc) is 3.67. The summed E-state index contributed by atoms with van der Waals surface area (Å²) in [5.41, 5.74) is 8.26. The van der Waals surface area contributed by atoms with E-state index in [1.807, 2.05) is 36.1 Å². The molecule has 2 aliphatic carbocycles. The first-order valence-corrected chi connectivity index (χ1v) is 13.7. The quantitative estimate of drug-likeness (QED) is 0.585. The molecular formula is C30H38N4O4. The molecule has 2 aromatic rings. The molecule has 2 unspecified atom stereocenters. The molecule has 202 valence electrons. The third-order valence-corrected chi connectivity index (χ3v) is 8.16. The van der Waals surface area contributed by atoms with E-state index >= 15 is 0 Å². The highest BCUT2D eigenvalue weighted by atomic mass is 16.5. The van der Waals surface area contributed by atoms with Crippen LogP contribution in [0, 0.1) is 6.92 Å².